The van der Waals surface area contributed by atoms with Gasteiger partial charge < -0.3 is 5.73 Å². The van der Waals surface area contributed by atoms with E-state index in [-0.39, 0.29) is 0 Å². The van der Waals surface area contributed by atoms with Gasteiger partial charge in [-0.05, 0) is 6.07 Å². The standard InChI is InChI=1S/C8H6F5N/c9-7(10,8(11,12)13)5-3-1-2-4-6(5)14/h1-4H,14H2. The molecule has 0 heterocycles. The van der Waals surface area contributed by atoms with Crippen molar-refractivity contribution in [3.8, 4) is 0 Å². The van der Waals surface area contributed by atoms with Crippen LogP contribution in [-0.4, -0.2) is 6.18 Å². The fourth-order valence-corrected chi connectivity index (χ4v) is 0.936. The topological polar surface area (TPSA) is 26.0 Å². The fraction of sp³-hybridized carbons (Fsp3) is 0.250. The lowest BCUT2D eigenvalue weighted by Gasteiger charge is -2.20. The number of anilines is 1. The van der Waals surface area contributed by atoms with E-state index in [2.05, 4.69) is 0 Å². The summed E-state index contributed by atoms with van der Waals surface area (Å²) in [7, 11) is 0. The Morgan fingerprint density at radius 1 is 0.929 bits per heavy atom. The van der Waals surface area contributed by atoms with Crippen LogP contribution in [0.4, 0.5) is 27.6 Å². The maximum absolute atomic E-state index is 12.7. The largest absolute Gasteiger partial charge is 0.458 e. The third kappa shape index (κ3) is 1.64. The summed E-state index contributed by atoms with van der Waals surface area (Å²) in [6, 6.07) is 4.01. The van der Waals surface area contributed by atoms with Gasteiger partial charge in [-0.15, -0.1) is 0 Å². The third-order valence-corrected chi connectivity index (χ3v) is 1.66. The molecule has 1 aromatic carbocycles. The van der Waals surface area contributed by atoms with Gasteiger partial charge in [0.15, 0.2) is 0 Å². The highest BCUT2D eigenvalue weighted by Gasteiger charge is 2.59. The molecule has 0 aliphatic carbocycles. The minimum Gasteiger partial charge on any atom is -0.398 e. The molecule has 78 valence electrons. The van der Waals surface area contributed by atoms with Gasteiger partial charge in [0.25, 0.3) is 0 Å². The highest BCUT2D eigenvalue weighted by Crippen LogP contribution is 2.45. The summed E-state index contributed by atoms with van der Waals surface area (Å²) in [5, 5.41) is 0. The van der Waals surface area contributed by atoms with Crippen molar-refractivity contribution in [2.24, 2.45) is 0 Å². The summed E-state index contributed by atoms with van der Waals surface area (Å²) in [6.45, 7) is 0. The van der Waals surface area contributed by atoms with E-state index in [4.69, 9.17) is 5.73 Å². The molecular formula is C8H6F5N. The van der Waals surface area contributed by atoms with Crippen molar-refractivity contribution in [3.05, 3.63) is 29.8 Å². The molecule has 6 heteroatoms. The van der Waals surface area contributed by atoms with Crippen molar-refractivity contribution in [2.45, 2.75) is 12.1 Å². The van der Waals surface area contributed by atoms with Gasteiger partial charge in [-0.1, -0.05) is 18.2 Å². The van der Waals surface area contributed by atoms with Gasteiger partial charge in [0.2, 0.25) is 0 Å². The normalized spacial score (nSPS) is 12.9. The molecule has 0 unspecified atom stereocenters. The van der Waals surface area contributed by atoms with Gasteiger partial charge in [-0.25, -0.2) is 0 Å². The first kappa shape index (κ1) is 10.7. The molecule has 0 bridgehead atoms. The average molecular weight is 211 g/mol. The van der Waals surface area contributed by atoms with Crippen LogP contribution in [0.2, 0.25) is 0 Å². The van der Waals surface area contributed by atoms with Crippen LogP contribution in [0.15, 0.2) is 24.3 Å². The van der Waals surface area contributed by atoms with E-state index >= 15 is 0 Å². The van der Waals surface area contributed by atoms with Crippen LogP contribution in [0.25, 0.3) is 0 Å². The van der Waals surface area contributed by atoms with Crippen LogP contribution in [0.5, 0.6) is 0 Å². The molecule has 1 nitrogen and oxygen atoms in total. The third-order valence-electron chi connectivity index (χ3n) is 1.66. The van der Waals surface area contributed by atoms with E-state index in [9.17, 15) is 22.0 Å². The van der Waals surface area contributed by atoms with Crippen LogP contribution in [0, 0.1) is 0 Å². The number of rotatable bonds is 1. The Morgan fingerprint density at radius 2 is 1.43 bits per heavy atom. The minimum atomic E-state index is -5.62. The summed E-state index contributed by atoms with van der Waals surface area (Å²) < 4.78 is 61.1. The van der Waals surface area contributed by atoms with Crippen LogP contribution in [-0.2, 0) is 5.92 Å². The van der Waals surface area contributed by atoms with Crippen molar-refractivity contribution in [1.29, 1.82) is 0 Å². The maximum Gasteiger partial charge on any atom is 0.458 e. The van der Waals surface area contributed by atoms with Crippen LogP contribution >= 0.6 is 0 Å². The number of benzene rings is 1. The van der Waals surface area contributed by atoms with Crippen molar-refractivity contribution >= 4 is 5.69 Å². The van der Waals surface area contributed by atoms with Crippen LogP contribution < -0.4 is 5.73 Å². The number of halogens is 5. The molecule has 14 heavy (non-hydrogen) atoms. The fourth-order valence-electron chi connectivity index (χ4n) is 0.936. The molecule has 1 rings (SSSR count). The predicted octanol–water partition coefficient (Wildman–Crippen LogP) is 2.92. The lowest BCUT2D eigenvalue weighted by molar-refractivity contribution is -0.289. The van der Waals surface area contributed by atoms with Crippen LogP contribution in [0.3, 0.4) is 0 Å². The molecule has 0 amide bonds. The monoisotopic (exact) mass is 211 g/mol. The molecule has 0 aromatic heterocycles. The molecule has 0 spiro atoms. The second-order valence-electron chi connectivity index (χ2n) is 2.66. The lowest BCUT2D eigenvalue weighted by Crippen LogP contribution is -2.34. The average Bonchev–Trinajstić information content (AvgIpc) is 2.02. The molecule has 0 radical (unpaired) electrons. The lowest BCUT2D eigenvalue weighted by atomic mass is 10.1. The van der Waals surface area contributed by atoms with Gasteiger partial charge in [-0.3, -0.25) is 0 Å². The Morgan fingerprint density at radius 3 is 1.86 bits per heavy atom. The second kappa shape index (κ2) is 3.11. The van der Waals surface area contributed by atoms with Crippen molar-refractivity contribution in [1.82, 2.24) is 0 Å². The van der Waals surface area contributed by atoms with Gasteiger partial charge in [0.05, 0.1) is 5.56 Å². The van der Waals surface area contributed by atoms with E-state index in [1.807, 2.05) is 0 Å². The number of nitrogens with two attached hydrogens (primary N) is 1. The molecule has 0 atom stereocenters. The molecular weight excluding hydrogens is 205 g/mol. The minimum absolute atomic E-state index is 0.574. The smallest absolute Gasteiger partial charge is 0.398 e. The van der Waals surface area contributed by atoms with Gasteiger partial charge >= 0.3 is 12.1 Å². The van der Waals surface area contributed by atoms with Crippen molar-refractivity contribution in [2.75, 3.05) is 5.73 Å². The molecule has 0 fully saturated rings. The highest BCUT2D eigenvalue weighted by molar-refractivity contribution is 5.49. The highest BCUT2D eigenvalue weighted by atomic mass is 19.4. The predicted molar refractivity (Wildman–Crippen MR) is 40.8 cm³/mol. The first-order valence-corrected chi connectivity index (χ1v) is 3.56. The number of nitrogen functional groups attached to an aromatic ring is 1. The summed E-state index contributed by atoms with van der Waals surface area (Å²) in [5.41, 5.74) is 3.23. The van der Waals surface area contributed by atoms with E-state index in [0.29, 0.717) is 6.07 Å². The Labute approximate surface area is 76.3 Å². The summed E-state index contributed by atoms with van der Waals surface area (Å²) in [6.07, 6.45) is -5.62. The van der Waals surface area contributed by atoms with Crippen LogP contribution in [0.1, 0.15) is 5.56 Å². The van der Waals surface area contributed by atoms with Crippen molar-refractivity contribution in [3.63, 3.8) is 0 Å². The SMILES string of the molecule is Nc1ccccc1C(F)(F)C(F)(F)F. The van der Waals surface area contributed by atoms with Gasteiger partial charge in [-0.2, -0.15) is 22.0 Å². The molecule has 0 saturated carbocycles. The molecule has 2 N–H and O–H groups in total. The maximum atomic E-state index is 12.7. The van der Waals surface area contributed by atoms with E-state index < -0.39 is 23.3 Å². The Balaban J connectivity index is 3.23. The molecule has 0 saturated heterocycles. The van der Waals surface area contributed by atoms with E-state index in [1.54, 1.807) is 0 Å². The quantitative estimate of drug-likeness (QED) is 0.560. The number of para-hydroxylation sites is 1. The Kier molecular flexibility index (Phi) is 2.39. The zero-order valence-corrected chi connectivity index (χ0v) is 6.78. The number of hydrogen-bond acceptors (Lipinski definition) is 1. The van der Waals surface area contributed by atoms with Gasteiger partial charge in [0.1, 0.15) is 0 Å². The molecule has 0 aliphatic rings. The second-order valence-corrected chi connectivity index (χ2v) is 2.66. The summed E-state index contributed by atoms with van der Waals surface area (Å²) in [4.78, 5) is 0. The zero-order valence-electron chi connectivity index (χ0n) is 6.78. The molecule has 0 aliphatic heterocycles. The Hall–Kier alpha value is -1.33. The van der Waals surface area contributed by atoms with E-state index in [1.165, 1.54) is 6.07 Å². The number of hydrogen-bond donors (Lipinski definition) is 1. The summed E-state index contributed by atoms with van der Waals surface area (Å²) in [5.74, 6) is -4.90. The summed E-state index contributed by atoms with van der Waals surface area (Å²) >= 11 is 0. The first-order valence-electron chi connectivity index (χ1n) is 3.56. The van der Waals surface area contributed by atoms with Gasteiger partial charge in [0, 0.05) is 5.69 Å². The van der Waals surface area contributed by atoms with Crippen molar-refractivity contribution < 1.29 is 22.0 Å². The zero-order chi connectivity index (χ0) is 11.0. The van der Waals surface area contributed by atoms with E-state index in [0.717, 1.165) is 12.1 Å². The molecule has 1 aromatic rings. The first-order chi connectivity index (χ1) is 6.27. The Bertz CT molecular complexity index is 331. The number of alkyl halides is 5.